The average Bonchev–Trinajstić information content (AvgIpc) is 3.22. The second-order valence-corrected chi connectivity index (χ2v) is 9.63. The lowest BCUT2D eigenvalue weighted by molar-refractivity contribution is -0.118. The smallest absolute Gasteiger partial charge is 0.251 e. The van der Waals surface area contributed by atoms with Crippen LogP contribution in [0, 0.1) is 17.6 Å². The molecule has 1 amide bonds. The lowest BCUT2D eigenvalue weighted by Crippen LogP contribution is -2.38. The highest BCUT2D eigenvalue weighted by molar-refractivity contribution is 8.16. The third-order valence-corrected chi connectivity index (χ3v) is 7.58. The topological polar surface area (TPSA) is 66.8 Å². The lowest BCUT2D eigenvalue weighted by Gasteiger charge is -2.24. The molecule has 5 nitrogen and oxygen atoms in total. The van der Waals surface area contributed by atoms with Crippen LogP contribution in [-0.4, -0.2) is 42.3 Å². The third-order valence-electron chi connectivity index (χ3n) is 4.37. The normalized spacial score (nSPS) is 29.9. The van der Waals surface area contributed by atoms with Gasteiger partial charge < -0.3 is 4.90 Å². The molecule has 2 heterocycles. The van der Waals surface area contributed by atoms with E-state index in [1.807, 2.05) is 0 Å². The van der Waals surface area contributed by atoms with E-state index in [1.165, 1.54) is 22.7 Å². The van der Waals surface area contributed by atoms with Gasteiger partial charge in [0.25, 0.3) is 5.91 Å². The number of rotatable bonds is 2. The number of thioether (sulfide) groups is 1. The van der Waals surface area contributed by atoms with E-state index in [-0.39, 0.29) is 34.3 Å². The summed E-state index contributed by atoms with van der Waals surface area (Å²) < 4.78 is 51.3. The first kappa shape index (κ1) is 16.0. The Morgan fingerprint density at radius 1 is 1.25 bits per heavy atom. The molecule has 0 bridgehead atoms. The summed E-state index contributed by atoms with van der Waals surface area (Å²) in [5, 5.41) is 0.00696. The van der Waals surface area contributed by atoms with Gasteiger partial charge in [0.15, 0.2) is 15.0 Å². The summed E-state index contributed by atoms with van der Waals surface area (Å²) in [4.78, 5) is 17.6. The van der Waals surface area contributed by atoms with E-state index in [4.69, 9.17) is 0 Å². The molecule has 1 aromatic rings. The zero-order valence-electron chi connectivity index (χ0n) is 12.5. The Kier molecular flexibility index (Phi) is 3.68. The molecule has 2 unspecified atom stereocenters. The molecule has 1 saturated carbocycles. The van der Waals surface area contributed by atoms with Crippen LogP contribution in [0.25, 0.3) is 0 Å². The van der Waals surface area contributed by atoms with Crippen LogP contribution in [0.2, 0.25) is 0 Å². The van der Waals surface area contributed by atoms with Gasteiger partial charge in [0.1, 0.15) is 11.6 Å². The minimum absolute atomic E-state index is 0.0295. The van der Waals surface area contributed by atoms with Crippen molar-refractivity contribution in [2.75, 3.05) is 16.4 Å². The van der Waals surface area contributed by atoms with Gasteiger partial charge in [-0.15, -0.1) is 0 Å². The summed E-state index contributed by atoms with van der Waals surface area (Å²) in [5.74, 6) is -2.01. The van der Waals surface area contributed by atoms with Gasteiger partial charge in [-0.05, 0) is 25.0 Å². The monoisotopic (exact) mass is 372 g/mol. The van der Waals surface area contributed by atoms with Crippen molar-refractivity contribution in [2.24, 2.45) is 10.9 Å². The summed E-state index contributed by atoms with van der Waals surface area (Å²) in [6, 6.07) is 2.62. The third kappa shape index (κ3) is 2.83. The Labute approximate surface area is 142 Å². The molecule has 3 fully saturated rings. The Morgan fingerprint density at radius 2 is 2.00 bits per heavy atom. The van der Waals surface area contributed by atoms with Gasteiger partial charge in [0.05, 0.1) is 23.2 Å². The highest BCUT2D eigenvalue weighted by atomic mass is 32.2. The summed E-state index contributed by atoms with van der Waals surface area (Å²) in [6.45, 7) is 0. The summed E-state index contributed by atoms with van der Waals surface area (Å²) in [7, 11) is -3.22. The zero-order valence-corrected chi connectivity index (χ0v) is 14.1. The van der Waals surface area contributed by atoms with Gasteiger partial charge in [0.2, 0.25) is 0 Å². The number of amidine groups is 1. The van der Waals surface area contributed by atoms with Crippen LogP contribution in [-0.2, 0) is 14.6 Å². The number of amides is 1. The molecule has 0 radical (unpaired) electrons. The van der Waals surface area contributed by atoms with Gasteiger partial charge in [-0.3, -0.25) is 4.79 Å². The SMILES string of the molecule is O=C(N=C1SC2CS(=O)(=O)CC2N1c1ccc(F)cc1F)C1CC1. The summed E-state index contributed by atoms with van der Waals surface area (Å²) in [6.07, 6.45) is 1.60. The van der Waals surface area contributed by atoms with E-state index in [1.54, 1.807) is 0 Å². The molecule has 24 heavy (non-hydrogen) atoms. The fraction of sp³-hybridized carbons (Fsp3) is 0.467. The minimum atomic E-state index is -3.22. The lowest BCUT2D eigenvalue weighted by atomic mass is 10.2. The predicted octanol–water partition coefficient (Wildman–Crippen LogP) is 1.98. The van der Waals surface area contributed by atoms with Crippen molar-refractivity contribution in [1.29, 1.82) is 0 Å². The molecule has 1 aromatic carbocycles. The second-order valence-electron chi connectivity index (χ2n) is 6.27. The van der Waals surface area contributed by atoms with E-state index >= 15 is 0 Å². The van der Waals surface area contributed by atoms with Crippen molar-refractivity contribution < 1.29 is 22.0 Å². The van der Waals surface area contributed by atoms with Crippen LogP contribution in [0.15, 0.2) is 23.2 Å². The van der Waals surface area contributed by atoms with Crippen LogP contribution in [0.4, 0.5) is 14.5 Å². The summed E-state index contributed by atoms with van der Waals surface area (Å²) in [5.41, 5.74) is 0.0517. The number of carbonyl (C=O) groups excluding carboxylic acids is 1. The first-order chi connectivity index (χ1) is 11.3. The van der Waals surface area contributed by atoms with Gasteiger partial charge in [-0.1, -0.05) is 11.8 Å². The number of anilines is 1. The van der Waals surface area contributed by atoms with Gasteiger partial charge in [0, 0.05) is 17.2 Å². The number of hydrogen-bond donors (Lipinski definition) is 0. The Bertz CT molecular complexity index is 852. The van der Waals surface area contributed by atoms with Crippen LogP contribution >= 0.6 is 11.8 Å². The maximum atomic E-state index is 14.3. The van der Waals surface area contributed by atoms with Crippen molar-refractivity contribution in [2.45, 2.75) is 24.1 Å². The van der Waals surface area contributed by atoms with Crippen LogP contribution < -0.4 is 4.90 Å². The maximum Gasteiger partial charge on any atom is 0.251 e. The Morgan fingerprint density at radius 3 is 2.67 bits per heavy atom. The van der Waals surface area contributed by atoms with E-state index in [9.17, 15) is 22.0 Å². The van der Waals surface area contributed by atoms with E-state index in [2.05, 4.69) is 4.99 Å². The number of halogens is 2. The number of sulfone groups is 1. The largest absolute Gasteiger partial charge is 0.313 e. The van der Waals surface area contributed by atoms with Gasteiger partial charge in [-0.2, -0.15) is 4.99 Å². The molecule has 4 rings (SSSR count). The van der Waals surface area contributed by atoms with Gasteiger partial charge in [-0.25, -0.2) is 17.2 Å². The molecule has 2 aliphatic heterocycles. The van der Waals surface area contributed by atoms with E-state index in [0.717, 1.165) is 25.0 Å². The maximum absolute atomic E-state index is 14.3. The molecule has 1 aliphatic carbocycles. The number of benzene rings is 1. The molecule has 2 atom stereocenters. The van der Waals surface area contributed by atoms with Crippen molar-refractivity contribution in [3.63, 3.8) is 0 Å². The fourth-order valence-electron chi connectivity index (χ4n) is 3.04. The standard InChI is InChI=1S/C15H14F2N2O3S2/c16-9-3-4-11(10(17)5-9)19-12-6-24(21,22)7-13(12)23-15(19)18-14(20)8-1-2-8/h3-5,8,12-13H,1-2,6-7H2. The Balaban J connectivity index is 1.76. The first-order valence-electron chi connectivity index (χ1n) is 7.58. The van der Waals surface area contributed by atoms with Crippen LogP contribution in [0.5, 0.6) is 0 Å². The number of nitrogens with zero attached hydrogens (tertiary/aromatic N) is 2. The molecule has 0 aromatic heterocycles. The predicted molar refractivity (Wildman–Crippen MR) is 87.8 cm³/mol. The summed E-state index contributed by atoms with van der Waals surface area (Å²) >= 11 is 1.19. The second kappa shape index (κ2) is 5.52. The van der Waals surface area contributed by atoms with Crippen LogP contribution in [0.3, 0.4) is 0 Å². The number of hydrogen-bond acceptors (Lipinski definition) is 4. The van der Waals surface area contributed by atoms with Crippen molar-refractivity contribution in [3.05, 3.63) is 29.8 Å². The average molecular weight is 372 g/mol. The first-order valence-corrected chi connectivity index (χ1v) is 10.3. The highest BCUT2D eigenvalue weighted by Crippen LogP contribution is 2.42. The van der Waals surface area contributed by atoms with Crippen molar-refractivity contribution in [3.8, 4) is 0 Å². The molecule has 128 valence electrons. The molecular weight excluding hydrogens is 358 g/mol. The van der Waals surface area contributed by atoms with Gasteiger partial charge >= 0.3 is 0 Å². The van der Waals surface area contributed by atoms with Crippen molar-refractivity contribution >= 4 is 38.4 Å². The minimum Gasteiger partial charge on any atom is -0.313 e. The van der Waals surface area contributed by atoms with E-state index in [0.29, 0.717) is 5.17 Å². The number of aliphatic imine (C=N–C) groups is 1. The quantitative estimate of drug-likeness (QED) is 0.794. The molecule has 0 spiro atoms. The fourth-order valence-corrected chi connectivity index (χ4v) is 6.95. The van der Waals surface area contributed by atoms with Crippen LogP contribution in [0.1, 0.15) is 12.8 Å². The number of fused-ring (bicyclic) bond motifs is 1. The molecule has 9 heteroatoms. The zero-order chi connectivity index (χ0) is 17.1. The molecular formula is C15H14F2N2O3S2. The van der Waals surface area contributed by atoms with E-state index < -0.39 is 27.5 Å². The van der Waals surface area contributed by atoms with Crippen molar-refractivity contribution in [1.82, 2.24) is 0 Å². The number of carbonyl (C=O) groups is 1. The Hall–Kier alpha value is -1.48. The molecule has 3 aliphatic rings. The highest BCUT2D eigenvalue weighted by Gasteiger charge is 2.50. The molecule has 2 saturated heterocycles. The molecule has 0 N–H and O–H groups in total.